The zero-order valence-corrected chi connectivity index (χ0v) is 15.9. The minimum atomic E-state index is -0.540. The predicted octanol–water partition coefficient (Wildman–Crippen LogP) is 4.37. The van der Waals surface area contributed by atoms with Crippen molar-refractivity contribution in [2.24, 2.45) is 0 Å². The molecule has 4 aromatic rings. The van der Waals surface area contributed by atoms with Crippen molar-refractivity contribution in [2.45, 2.75) is 6.92 Å². The van der Waals surface area contributed by atoms with Gasteiger partial charge < -0.3 is 14.6 Å². The highest BCUT2D eigenvalue weighted by Crippen LogP contribution is 2.37. The fraction of sp³-hybridized carbons (Fsp3) is 0.0417. The number of allylic oxidation sites excluding steroid dienone is 1. The number of aryl methyl sites for hydroxylation is 1. The third-order valence-corrected chi connectivity index (χ3v) is 4.94. The summed E-state index contributed by atoms with van der Waals surface area (Å²) in [6, 6.07) is 12.0. The smallest absolute Gasteiger partial charge is 0.336 e. The summed E-state index contributed by atoms with van der Waals surface area (Å²) < 4.78 is 5.43. The van der Waals surface area contributed by atoms with Crippen LogP contribution in [-0.4, -0.2) is 22.3 Å². The molecular formula is C24H16O6. The molecule has 0 atom stereocenters. The van der Waals surface area contributed by atoms with Gasteiger partial charge in [-0.2, -0.15) is 0 Å². The highest BCUT2D eigenvalue weighted by Gasteiger charge is 2.16. The average molecular weight is 400 g/mol. The molecule has 0 fully saturated rings. The summed E-state index contributed by atoms with van der Waals surface area (Å²) in [5.41, 5.74) is 1.29. The Labute approximate surface area is 170 Å². The van der Waals surface area contributed by atoms with E-state index < -0.39 is 5.63 Å². The van der Waals surface area contributed by atoms with Gasteiger partial charge in [-0.3, -0.25) is 9.59 Å². The SMILES string of the molecule is Cc1cc(=O)oc2c1ccc1c(O)c(C=O)cc(/C=C/C(=O)c3ccc(O)cc3)c12. The van der Waals surface area contributed by atoms with Crippen LogP contribution in [0.1, 0.15) is 31.8 Å². The predicted molar refractivity (Wildman–Crippen MR) is 113 cm³/mol. The van der Waals surface area contributed by atoms with Gasteiger partial charge in [-0.05, 0) is 60.5 Å². The van der Waals surface area contributed by atoms with E-state index >= 15 is 0 Å². The summed E-state index contributed by atoms with van der Waals surface area (Å²) in [5, 5.41) is 21.3. The summed E-state index contributed by atoms with van der Waals surface area (Å²) in [6.45, 7) is 1.77. The molecule has 148 valence electrons. The van der Waals surface area contributed by atoms with Crippen LogP contribution in [0, 0.1) is 6.92 Å². The number of hydrogen-bond acceptors (Lipinski definition) is 6. The van der Waals surface area contributed by atoms with E-state index in [4.69, 9.17) is 4.42 Å². The maximum atomic E-state index is 12.5. The second-order valence-corrected chi connectivity index (χ2v) is 6.88. The molecule has 6 heteroatoms. The highest BCUT2D eigenvalue weighted by atomic mass is 16.4. The number of carbonyl (C=O) groups excluding carboxylic acids is 2. The summed E-state index contributed by atoms with van der Waals surface area (Å²) in [6.07, 6.45) is 3.34. The van der Waals surface area contributed by atoms with Gasteiger partial charge in [-0.15, -0.1) is 0 Å². The largest absolute Gasteiger partial charge is 0.508 e. The third-order valence-electron chi connectivity index (χ3n) is 4.94. The molecule has 1 aromatic heterocycles. The van der Waals surface area contributed by atoms with Crippen molar-refractivity contribution in [1.82, 2.24) is 0 Å². The zero-order chi connectivity index (χ0) is 21.4. The van der Waals surface area contributed by atoms with Crippen LogP contribution in [0.25, 0.3) is 27.8 Å². The number of phenols is 2. The van der Waals surface area contributed by atoms with E-state index in [1.165, 1.54) is 48.6 Å². The van der Waals surface area contributed by atoms with Gasteiger partial charge in [0.15, 0.2) is 12.1 Å². The number of phenolic OH excluding ortho intramolecular Hbond substituents is 2. The van der Waals surface area contributed by atoms with Crippen molar-refractivity contribution in [3.63, 3.8) is 0 Å². The molecule has 0 saturated carbocycles. The van der Waals surface area contributed by atoms with Gasteiger partial charge in [-0.25, -0.2) is 4.79 Å². The van der Waals surface area contributed by atoms with Gasteiger partial charge in [0.2, 0.25) is 0 Å². The van der Waals surface area contributed by atoms with Crippen molar-refractivity contribution >= 4 is 39.9 Å². The van der Waals surface area contributed by atoms with Crippen LogP contribution < -0.4 is 5.63 Å². The first-order chi connectivity index (χ1) is 14.4. The van der Waals surface area contributed by atoms with Crippen LogP contribution >= 0.6 is 0 Å². The van der Waals surface area contributed by atoms with Crippen LogP contribution in [0.3, 0.4) is 0 Å². The number of hydrogen-bond donors (Lipinski definition) is 2. The van der Waals surface area contributed by atoms with Crippen molar-refractivity contribution in [2.75, 3.05) is 0 Å². The molecule has 1 heterocycles. The lowest BCUT2D eigenvalue weighted by Crippen LogP contribution is -1.99. The minimum Gasteiger partial charge on any atom is -0.508 e. The molecule has 0 unspecified atom stereocenters. The van der Waals surface area contributed by atoms with E-state index in [0.717, 1.165) is 0 Å². The van der Waals surface area contributed by atoms with Crippen LogP contribution in [-0.2, 0) is 0 Å². The summed E-state index contributed by atoms with van der Waals surface area (Å²) in [7, 11) is 0. The van der Waals surface area contributed by atoms with E-state index in [1.54, 1.807) is 19.1 Å². The monoisotopic (exact) mass is 400 g/mol. The molecule has 0 amide bonds. The Bertz CT molecular complexity index is 1410. The molecule has 0 aliphatic carbocycles. The number of aldehydes is 1. The Morgan fingerprint density at radius 3 is 2.37 bits per heavy atom. The molecule has 0 aliphatic heterocycles. The first-order valence-corrected chi connectivity index (χ1v) is 9.09. The van der Waals surface area contributed by atoms with Crippen molar-refractivity contribution in [1.29, 1.82) is 0 Å². The third kappa shape index (κ3) is 3.24. The topological polar surface area (TPSA) is 105 Å². The number of aromatic hydroxyl groups is 2. The lowest BCUT2D eigenvalue weighted by Gasteiger charge is -2.11. The number of carbonyl (C=O) groups is 2. The molecule has 0 saturated heterocycles. The number of rotatable bonds is 4. The van der Waals surface area contributed by atoms with E-state index in [9.17, 15) is 24.6 Å². The van der Waals surface area contributed by atoms with Crippen LogP contribution in [0.2, 0.25) is 0 Å². The standard InChI is InChI=1S/C24H16O6/c1-13-10-21(28)30-24-18(13)7-8-19-22(24)15(11-16(12-25)23(19)29)4-9-20(27)14-2-5-17(26)6-3-14/h2-12,26,29H,1H3/b9-4+. The van der Waals surface area contributed by atoms with Gasteiger partial charge in [0, 0.05) is 27.8 Å². The normalized spacial score (nSPS) is 11.4. The molecule has 0 spiro atoms. The first kappa shape index (κ1) is 19.1. The molecule has 2 N–H and O–H groups in total. The Kier molecular flexibility index (Phi) is 4.68. The number of ketones is 1. The van der Waals surface area contributed by atoms with Crippen molar-refractivity contribution in [3.05, 3.63) is 87.3 Å². The van der Waals surface area contributed by atoms with E-state index in [1.807, 2.05) is 0 Å². The fourth-order valence-corrected chi connectivity index (χ4v) is 3.44. The molecule has 0 aliphatic rings. The summed E-state index contributed by atoms with van der Waals surface area (Å²) in [4.78, 5) is 35.9. The Balaban J connectivity index is 1.97. The maximum absolute atomic E-state index is 12.5. The molecule has 4 rings (SSSR count). The average Bonchev–Trinajstić information content (AvgIpc) is 2.73. The van der Waals surface area contributed by atoms with E-state index in [0.29, 0.717) is 39.1 Å². The Morgan fingerprint density at radius 1 is 0.967 bits per heavy atom. The molecule has 0 radical (unpaired) electrons. The summed E-state index contributed by atoms with van der Waals surface area (Å²) in [5.74, 6) is -0.498. The molecule has 6 nitrogen and oxygen atoms in total. The maximum Gasteiger partial charge on any atom is 0.336 e. The van der Waals surface area contributed by atoms with Crippen molar-refractivity contribution < 1.29 is 24.2 Å². The zero-order valence-electron chi connectivity index (χ0n) is 15.9. The second-order valence-electron chi connectivity index (χ2n) is 6.88. The fourth-order valence-electron chi connectivity index (χ4n) is 3.44. The lowest BCUT2D eigenvalue weighted by atomic mass is 9.96. The van der Waals surface area contributed by atoms with Gasteiger partial charge in [-0.1, -0.05) is 12.1 Å². The van der Waals surface area contributed by atoms with Gasteiger partial charge >= 0.3 is 5.63 Å². The lowest BCUT2D eigenvalue weighted by molar-refractivity contribution is 0.104. The van der Waals surface area contributed by atoms with Gasteiger partial charge in [0.05, 0.1) is 5.56 Å². The molecular weight excluding hydrogens is 384 g/mol. The van der Waals surface area contributed by atoms with Crippen LogP contribution in [0.5, 0.6) is 11.5 Å². The van der Waals surface area contributed by atoms with Crippen molar-refractivity contribution in [3.8, 4) is 11.5 Å². The van der Waals surface area contributed by atoms with E-state index in [-0.39, 0.29) is 28.4 Å². The van der Waals surface area contributed by atoms with E-state index in [2.05, 4.69) is 0 Å². The molecule has 30 heavy (non-hydrogen) atoms. The summed E-state index contributed by atoms with van der Waals surface area (Å²) >= 11 is 0. The Morgan fingerprint density at radius 2 is 1.67 bits per heavy atom. The van der Waals surface area contributed by atoms with Crippen LogP contribution in [0.15, 0.2) is 63.8 Å². The minimum absolute atomic E-state index is 0.0487. The number of benzene rings is 3. The van der Waals surface area contributed by atoms with Crippen LogP contribution in [0.4, 0.5) is 0 Å². The van der Waals surface area contributed by atoms with Gasteiger partial charge in [0.1, 0.15) is 17.1 Å². The molecule has 3 aromatic carbocycles. The quantitative estimate of drug-likeness (QED) is 0.173. The van der Waals surface area contributed by atoms with Gasteiger partial charge in [0.25, 0.3) is 0 Å². The highest BCUT2D eigenvalue weighted by molar-refractivity contribution is 6.14. The Hall–Kier alpha value is -4.19. The first-order valence-electron chi connectivity index (χ1n) is 9.09. The second kappa shape index (κ2) is 7.33. The molecule has 0 bridgehead atoms. The number of fused-ring (bicyclic) bond motifs is 3.